The van der Waals surface area contributed by atoms with E-state index in [4.69, 9.17) is 0 Å². The van der Waals surface area contributed by atoms with Gasteiger partial charge >= 0.3 is 0 Å². The summed E-state index contributed by atoms with van der Waals surface area (Å²) in [6.45, 7) is 3.73. The van der Waals surface area contributed by atoms with E-state index in [9.17, 15) is 9.90 Å². The Morgan fingerprint density at radius 3 is 3.05 bits per heavy atom. The monoisotopic (exact) mass is 263 g/mol. The molecule has 1 aliphatic rings. The second kappa shape index (κ2) is 6.52. The van der Waals surface area contributed by atoms with Gasteiger partial charge in [0.25, 0.3) is 5.91 Å². The molecule has 104 valence electrons. The van der Waals surface area contributed by atoms with Crippen LogP contribution in [0.1, 0.15) is 36.7 Å². The first-order valence-electron chi connectivity index (χ1n) is 6.88. The van der Waals surface area contributed by atoms with Crippen LogP contribution in [0.25, 0.3) is 0 Å². The van der Waals surface area contributed by atoms with Crippen molar-refractivity contribution in [1.29, 1.82) is 0 Å². The van der Waals surface area contributed by atoms with Gasteiger partial charge in [0.15, 0.2) is 0 Å². The van der Waals surface area contributed by atoms with Gasteiger partial charge in [0, 0.05) is 13.1 Å². The van der Waals surface area contributed by atoms with E-state index in [1.165, 1.54) is 0 Å². The largest absolute Gasteiger partial charge is 0.394 e. The van der Waals surface area contributed by atoms with Crippen LogP contribution in [-0.2, 0) is 0 Å². The Morgan fingerprint density at radius 2 is 2.42 bits per heavy atom. The number of hydrogen-bond donors (Lipinski definition) is 2. The average Bonchev–Trinajstić information content (AvgIpc) is 2.93. The summed E-state index contributed by atoms with van der Waals surface area (Å²) >= 11 is 0. The summed E-state index contributed by atoms with van der Waals surface area (Å²) in [5.41, 5.74) is 1.38. The van der Waals surface area contributed by atoms with Crippen LogP contribution in [0, 0.1) is 0 Å². The molecule has 1 unspecified atom stereocenters. The molecule has 1 saturated heterocycles. The maximum atomic E-state index is 12.3. The predicted molar refractivity (Wildman–Crippen MR) is 74.2 cm³/mol. The van der Waals surface area contributed by atoms with Crippen molar-refractivity contribution < 1.29 is 9.90 Å². The van der Waals surface area contributed by atoms with Crippen LogP contribution >= 0.6 is 0 Å². The normalized spacial score (nSPS) is 18.6. The molecule has 1 aromatic rings. The van der Waals surface area contributed by atoms with E-state index >= 15 is 0 Å². The van der Waals surface area contributed by atoms with Crippen molar-refractivity contribution in [3.63, 3.8) is 0 Å². The maximum absolute atomic E-state index is 12.3. The Labute approximate surface area is 113 Å². The molecule has 0 spiro atoms. The molecule has 5 heteroatoms. The van der Waals surface area contributed by atoms with Gasteiger partial charge in [-0.15, -0.1) is 0 Å². The van der Waals surface area contributed by atoms with Crippen molar-refractivity contribution in [3.05, 3.63) is 24.0 Å². The van der Waals surface area contributed by atoms with Crippen LogP contribution in [-0.4, -0.2) is 46.6 Å². The Bertz CT molecular complexity index is 419. The smallest absolute Gasteiger partial charge is 0.272 e. The van der Waals surface area contributed by atoms with Crippen LogP contribution < -0.4 is 5.32 Å². The molecule has 19 heavy (non-hydrogen) atoms. The first kappa shape index (κ1) is 13.8. The van der Waals surface area contributed by atoms with Gasteiger partial charge < -0.3 is 15.3 Å². The summed E-state index contributed by atoms with van der Waals surface area (Å²) in [6, 6.07) is 3.57. The second-order valence-corrected chi connectivity index (χ2v) is 4.84. The molecule has 0 bridgehead atoms. The van der Waals surface area contributed by atoms with Crippen molar-refractivity contribution in [2.75, 3.05) is 25.0 Å². The topological polar surface area (TPSA) is 65.5 Å². The van der Waals surface area contributed by atoms with Gasteiger partial charge in [-0.05, 0) is 31.4 Å². The van der Waals surface area contributed by atoms with E-state index in [2.05, 4.69) is 17.2 Å². The van der Waals surface area contributed by atoms with E-state index in [1.54, 1.807) is 17.2 Å². The number of amides is 1. The van der Waals surface area contributed by atoms with Gasteiger partial charge in [-0.1, -0.05) is 6.92 Å². The third kappa shape index (κ3) is 3.23. The Balaban J connectivity index is 2.03. The number of nitrogens with one attached hydrogen (secondary N) is 1. The molecule has 1 fully saturated rings. The van der Waals surface area contributed by atoms with E-state index in [1.807, 2.05) is 6.07 Å². The molecule has 1 aromatic heterocycles. The van der Waals surface area contributed by atoms with Crippen LogP contribution in [0.5, 0.6) is 0 Å². The molecule has 1 atom stereocenters. The molecular formula is C14H21N3O2. The molecule has 1 amide bonds. The van der Waals surface area contributed by atoms with Gasteiger partial charge in [-0.2, -0.15) is 0 Å². The van der Waals surface area contributed by atoms with Gasteiger partial charge in [0.1, 0.15) is 5.69 Å². The summed E-state index contributed by atoms with van der Waals surface area (Å²) in [5.74, 6) is -0.0846. The van der Waals surface area contributed by atoms with E-state index in [0.717, 1.165) is 31.5 Å². The Kier molecular flexibility index (Phi) is 4.74. The third-order valence-electron chi connectivity index (χ3n) is 3.41. The number of aliphatic hydroxyl groups is 1. The summed E-state index contributed by atoms with van der Waals surface area (Å²) in [7, 11) is 0. The first-order chi connectivity index (χ1) is 9.26. The van der Waals surface area contributed by atoms with Gasteiger partial charge in [0.2, 0.25) is 0 Å². The summed E-state index contributed by atoms with van der Waals surface area (Å²) in [5, 5.41) is 12.5. The second-order valence-electron chi connectivity index (χ2n) is 4.84. The zero-order valence-corrected chi connectivity index (χ0v) is 11.3. The zero-order chi connectivity index (χ0) is 13.7. The van der Waals surface area contributed by atoms with Crippen molar-refractivity contribution in [3.8, 4) is 0 Å². The third-order valence-corrected chi connectivity index (χ3v) is 3.41. The highest BCUT2D eigenvalue weighted by atomic mass is 16.3. The van der Waals surface area contributed by atoms with Crippen molar-refractivity contribution in [2.45, 2.75) is 32.2 Å². The fraction of sp³-hybridized carbons (Fsp3) is 0.571. The SMILES string of the molecule is CCCNc1ccc(C(=O)N2CCCC2CO)nc1. The number of nitrogens with zero attached hydrogens (tertiary/aromatic N) is 2. The highest BCUT2D eigenvalue weighted by Crippen LogP contribution is 2.19. The fourth-order valence-corrected chi connectivity index (χ4v) is 2.33. The summed E-state index contributed by atoms with van der Waals surface area (Å²) in [4.78, 5) is 18.2. The lowest BCUT2D eigenvalue weighted by Gasteiger charge is -2.22. The molecular weight excluding hydrogens is 242 g/mol. The van der Waals surface area contributed by atoms with E-state index in [0.29, 0.717) is 12.2 Å². The Morgan fingerprint density at radius 1 is 1.58 bits per heavy atom. The molecule has 1 aliphatic heterocycles. The number of likely N-dealkylation sites (tertiary alicyclic amines) is 1. The van der Waals surface area contributed by atoms with E-state index in [-0.39, 0.29) is 18.6 Å². The maximum Gasteiger partial charge on any atom is 0.272 e. The minimum absolute atomic E-state index is 0.0296. The fourth-order valence-electron chi connectivity index (χ4n) is 2.33. The quantitative estimate of drug-likeness (QED) is 0.845. The number of carbonyl (C=O) groups excluding carboxylic acids is 1. The van der Waals surface area contributed by atoms with Crippen LogP contribution in [0.15, 0.2) is 18.3 Å². The van der Waals surface area contributed by atoms with Gasteiger partial charge in [-0.25, -0.2) is 4.98 Å². The van der Waals surface area contributed by atoms with Crippen molar-refractivity contribution in [1.82, 2.24) is 9.88 Å². The number of pyridine rings is 1. The zero-order valence-electron chi connectivity index (χ0n) is 11.3. The van der Waals surface area contributed by atoms with Crippen LogP contribution in [0.2, 0.25) is 0 Å². The molecule has 0 aromatic carbocycles. The molecule has 0 saturated carbocycles. The lowest BCUT2D eigenvalue weighted by atomic mass is 10.2. The molecule has 2 N–H and O–H groups in total. The predicted octanol–water partition coefficient (Wildman–Crippen LogP) is 1.50. The van der Waals surface area contributed by atoms with Gasteiger partial charge in [0.05, 0.1) is 24.5 Å². The van der Waals surface area contributed by atoms with Crippen molar-refractivity contribution in [2.24, 2.45) is 0 Å². The molecule has 0 radical (unpaired) electrons. The Hall–Kier alpha value is -1.62. The number of anilines is 1. The number of aliphatic hydroxyl groups excluding tert-OH is 1. The molecule has 5 nitrogen and oxygen atoms in total. The minimum atomic E-state index is -0.0846. The lowest BCUT2D eigenvalue weighted by Crippen LogP contribution is -2.38. The standard InChI is InChI=1S/C14H21N3O2/c1-2-7-15-11-5-6-13(16-9-11)14(19)17-8-3-4-12(17)10-18/h5-6,9,12,15,18H,2-4,7-8,10H2,1H3. The number of hydrogen-bond acceptors (Lipinski definition) is 4. The highest BCUT2D eigenvalue weighted by molar-refractivity contribution is 5.92. The van der Waals surface area contributed by atoms with Crippen molar-refractivity contribution >= 4 is 11.6 Å². The molecule has 2 heterocycles. The van der Waals surface area contributed by atoms with Gasteiger partial charge in [-0.3, -0.25) is 4.79 Å². The molecule has 0 aliphatic carbocycles. The minimum Gasteiger partial charge on any atom is -0.394 e. The summed E-state index contributed by atoms with van der Waals surface area (Å²) < 4.78 is 0. The highest BCUT2D eigenvalue weighted by Gasteiger charge is 2.29. The summed E-state index contributed by atoms with van der Waals surface area (Å²) in [6.07, 6.45) is 4.56. The van der Waals surface area contributed by atoms with E-state index < -0.39 is 0 Å². The lowest BCUT2D eigenvalue weighted by molar-refractivity contribution is 0.0672. The average molecular weight is 263 g/mol. The number of aromatic nitrogens is 1. The van der Waals surface area contributed by atoms with Crippen LogP contribution in [0.4, 0.5) is 5.69 Å². The number of rotatable bonds is 5. The molecule has 2 rings (SSSR count). The first-order valence-corrected chi connectivity index (χ1v) is 6.88. The number of carbonyl (C=O) groups is 1. The van der Waals surface area contributed by atoms with Crippen LogP contribution in [0.3, 0.4) is 0 Å².